The molecule has 21 heavy (non-hydrogen) atoms. The summed E-state index contributed by atoms with van der Waals surface area (Å²) in [5.74, 6) is 0.411. The lowest BCUT2D eigenvalue weighted by molar-refractivity contribution is -0.931. The van der Waals surface area contributed by atoms with Crippen molar-refractivity contribution in [2.24, 2.45) is 0 Å². The van der Waals surface area contributed by atoms with Crippen LogP contribution in [0.5, 0.6) is 0 Å². The van der Waals surface area contributed by atoms with Gasteiger partial charge in [-0.05, 0) is 30.4 Å². The molecule has 0 bridgehead atoms. The Labute approximate surface area is 137 Å². The maximum absolute atomic E-state index is 6.17. The van der Waals surface area contributed by atoms with Crippen LogP contribution < -0.4 is 4.90 Å². The Morgan fingerprint density at radius 2 is 2.05 bits per heavy atom. The zero-order valence-corrected chi connectivity index (χ0v) is 13.5. The van der Waals surface area contributed by atoms with Gasteiger partial charge < -0.3 is 14.1 Å². The van der Waals surface area contributed by atoms with Gasteiger partial charge in [-0.15, -0.1) is 5.10 Å². The van der Waals surface area contributed by atoms with Crippen LogP contribution in [0.25, 0.3) is 11.5 Å². The van der Waals surface area contributed by atoms with E-state index >= 15 is 0 Å². The highest BCUT2D eigenvalue weighted by atomic mass is 35.5. The molecule has 1 aliphatic heterocycles. The monoisotopic (exact) mass is 346 g/mol. The van der Waals surface area contributed by atoms with Crippen LogP contribution in [0.15, 0.2) is 22.6 Å². The fourth-order valence-electron chi connectivity index (χ4n) is 2.21. The first-order chi connectivity index (χ1) is 10.1. The third-order valence-electron chi connectivity index (χ3n) is 3.34. The molecule has 1 aromatic carbocycles. The van der Waals surface area contributed by atoms with E-state index in [1.807, 2.05) is 0 Å². The van der Waals surface area contributed by atoms with Gasteiger partial charge in [-0.1, -0.05) is 23.2 Å². The highest BCUT2D eigenvalue weighted by molar-refractivity contribution is 7.71. The first-order valence-corrected chi connectivity index (χ1v) is 7.74. The minimum absolute atomic E-state index is 0.343. The van der Waals surface area contributed by atoms with Crippen molar-refractivity contribution in [1.82, 2.24) is 9.78 Å². The molecule has 8 heteroatoms. The van der Waals surface area contributed by atoms with Crippen molar-refractivity contribution in [1.29, 1.82) is 0 Å². The van der Waals surface area contributed by atoms with E-state index in [-0.39, 0.29) is 0 Å². The van der Waals surface area contributed by atoms with Gasteiger partial charge in [0.05, 0.1) is 23.8 Å². The Morgan fingerprint density at radius 3 is 2.76 bits per heavy atom. The van der Waals surface area contributed by atoms with Gasteiger partial charge in [0.15, 0.2) is 6.67 Å². The van der Waals surface area contributed by atoms with Crippen LogP contribution in [-0.4, -0.2) is 36.1 Å². The number of aromatic nitrogens is 2. The van der Waals surface area contributed by atoms with E-state index in [9.17, 15) is 0 Å². The summed E-state index contributed by atoms with van der Waals surface area (Å²) >= 11 is 17.3. The normalized spacial score (nSPS) is 16.3. The molecule has 0 spiro atoms. The van der Waals surface area contributed by atoms with Crippen LogP contribution in [0.1, 0.15) is 0 Å². The van der Waals surface area contributed by atoms with Crippen LogP contribution in [0.4, 0.5) is 0 Å². The summed E-state index contributed by atoms with van der Waals surface area (Å²) < 4.78 is 12.6. The van der Waals surface area contributed by atoms with Crippen LogP contribution in [0.2, 0.25) is 10.0 Å². The minimum atomic E-state index is 0.343. The van der Waals surface area contributed by atoms with Crippen molar-refractivity contribution >= 4 is 35.4 Å². The van der Waals surface area contributed by atoms with Crippen molar-refractivity contribution in [3.63, 3.8) is 0 Å². The lowest BCUT2D eigenvalue weighted by atomic mass is 10.2. The number of morpholine rings is 1. The number of quaternary nitrogens is 1. The molecule has 5 nitrogen and oxygen atoms in total. The van der Waals surface area contributed by atoms with Crippen molar-refractivity contribution in [2.45, 2.75) is 6.67 Å². The molecule has 1 N–H and O–H groups in total. The molecule has 0 atom stereocenters. The van der Waals surface area contributed by atoms with Crippen molar-refractivity contribution in [3.8, 4) is 11.5 Å². The highest BCUT2D eigenvalue weighted by Gasteiger charge is 2.18. The molecule has 2 heterocycles. The molecule has 0 radical (unpaired) electrons. The molecule has 1 aromatic heterocycles. The molecule has 1 saturated heterocycles. The summed E-state index contributed by atoms with van der Waals surface area (Å²) in [6.07, 6.45) is 0. The summed E-state index contributed by atoms with van der Waals surface area (Å²) in [5, 5.41) is 5.48. The Hall–Kier alpha value is -0.920. The van der Waals surface area contributed by atoms with Crippen molar-refractivity contribution in [3.05, 3.63) is 33.1 Å². The lowest BCUT2D eigenvalue weighted by Crippen LogP contribution is -3.13. The van der Waals surface area contributed by atoms with E-state index in [2.05, 4.69) is 5.10 Å². The second-order valence-corrected chi connectivity index (χ2v) is 6.01. The van der Waals surface area contributed by atoms with Gasteiger partial charge in [-0.3, -0.25) is 0 Å². The lowest BCUT2D eigenvalue weighted by Gasteiger charge is -2.22. The van der Waals surface area contributed by atoms with Gasteiger partial charge in [0.25, 0.3) is 4.84 Å². The third kappa shape index (κ3) is 3.46. The van der Waals surface area contributed by atoms with Crippen molar-refractivity contribution < 1.29 is 14.1 Å². The van der Waals surface area contributed by atoms with Gasteiger partial charge in [-0.2, -0.15) is 4.68 Å². The predicted molar refractivity (Wildman–Crippen MR) is 82.3 cm³/mol. The Balaban J connectivity index is 1.85. The molecule has 1 fully saturated rings. The van der Waals surface area contributed by atoms with Crippen LogP contribution in [-0.2, 0) is 11.4 Å². The van der Waals surface area contributed by atoms with Crippen molar-refractivity contribution in [2.75, 3.05) is 26.3 Å². The first kappa shape index (κ1) is 15.0. The molecule has 2 aromatic rings. The number of nitrogens with zero attached hydrogens (tertiary/aromatic N) is 2. The average Bonchev–Trinajstić information content (AvgIpc) is 2.81. The maximum Gasteiger partial charge on any atom is 0.292 e. The van der Waals surface area contributed by atoms with Gasteiger partial charge >= 0.3 is 0 Å². The zero-order chi connectivity index (χ0) is 14.8. The predicted octanol–water partition coefficient (Wildman–Crippen LogP) is 2.05. The van der Waals surface area contributed by atoms with Gasteiger partial charge in [0.2, 0.25) is 5.89 Å². The first-order valence-electron chi connectivity index (χ1n) is 6.58. The topological polar surface area (TPSA) is 44.6 Å². The van der Waals surface area contributed by atoms with E-state index in [4.69, 9.17) is 44.6 Å². The second-order valence-electron chi connectivity index (χ2n) is 4.82. The Morgan fingerprint density at radius 1 is 1.29 bits per heavy atom. The number of halogens is 2. The number of rotatable bonds is 3. The van der Waals surface area contributed by atoms with E-state index in [1.165, 1.54) is 4.90 Å². The molecule has 3 rings (SSSR count). The SMILES string of the molecule is S=c1oc(-c2ccc(Cl)cc2Cl)nn1C[NH+]1CCOCC1. The molecule has 0 amide bonds. The summed E-state index contributed by atoms with van der Waals surface area (Å²) in [4.78, 5) is 1.70. The number of benzene rings is 1. The van der Waals surface area contributed by atoms with Crippen LogP contribution in [0, 0.1) is 4.84 Å². The van der Waals surface area contributed by atoms with E-state index in [0.717, 1.165) is 26.3 Å². The number of hydrogen-bond acceptors (Lipinski definition) is 4. The van der Waals surface area contributed by atoms with Gasteiger partial charge in [-0.25, -0.2) is 0 Å². The van der Waals surface area contributed by atoms with E-state index in [1.54, 1.807) is 22.9 Å². The molecule has 0 aliphatic carbocycles. The molecular formula is C13H14Cl2N3O2S+. The maximum atomic E-state index is 6.17. The Kier molecular flexibility index (Phi) is 4.61. The smallest absolute Gasteiger partial charge is 0.292 e. The Bertz CT molecular complexity index is 695. The molecule has 0 unspecified atom stereocenters. The van der Waals surface area contributed by atoms with E-state index in [0.29, 0.717) is 33.0 Å². The summed E-state index contributed by atoms with van der Waals surface area (Å²) in [5.41, 5.74) is 0.683. The largest absolute Gasteiger partial charge is 0.409 e. The van der Waals surface area contributed by atoms with Gasteiger partial charge in [0, 0.05) is 5.02 Å². The standard InChI is InChI=1S/C13H13Cl2N3O2S/c14-9-1-2-10(11(15)7-9)12-16-18(13(21)20-12)8-17-3-5-19-6-4-17/h1-2,7H,3-6,8H2/p+1. The zero-order valence-electron chi connectivity index (χ0n) is 11.1. The van der Waals surface area contributed by atoms with Crippen LogP contribution in [0.3, 0.4) is 0 Å². The number of nitrogens with one attached hydrogen (secondary N) is 1. The molecular weight excluding hydrogens is 333 g/mol. The fourth-order valence-corrected chi connectivity index (χ4v) is 2.88. The second kappa shape index (κ2) is 6.46. The average molecular weight is 347 g/mol. The molecule has 0 saturated carbocycles. The number of ether oxygens (including phenoxy) is 1. The molecule has 112 valence electrons. The highest BCUT2D eigenvalue weighted by Crippen LogP contribution is 2.29. The fraction of sp³-hybridized carbons (Fsp3) is 0.385. The third-order valence-corrected chi connectivity index (χ3v) is 4.18. The minimum Gasteiger partial charge on any atom is -0.409 e. The summed E-state index contributed by atoms with van der Waals surface area (Å²) in [6.45, 7) is 4.06. The van der Waals surface area contributed by atoms with Crippen LogP contribution >= 0.6 is 35.4 Å². The molecule has 1 aliphatic rings. The van der Waals surface area contributed by atoms with E-state index < -0.39 is 0 Å². The van der Waals surface area contributed by atoms with Gasteiger partial charge in [0.1, 0.15) is 13.1 Å². The summed E-state index contributed by atoms with van der Waals surface area (Å²) in [6, 6.07) is 5.17. The quantitative estimate of drug-likeness (QED) is 0.864. The number of hydrogen-bond donors (Lipinski definition) is 1. The summed E-state index contributed by atoms with van der Waals surface area (Å²) in [7, 11) is 0.